The van der Waals surface area contributed by atoms with Crippen LogP contribution >= 0.6 is 0 Å². The molecule has 0 bridgehead atoms. The lowest BCUT2D eigenvalue weighted by atomic mass is 9.85. The maximum atomic E-state index is 13.7. The van der Waals surface area contributed by atoms with Gasteiger partial charge in [0.15, 0.2) is 0 Å². The van der Waals surface area contributed by atoms with Gasteiger partial charge >= 0.3 is 0 Å². The van der Waals surface area contributed by atoms with Gasteiger partial charge in [-0.15, -0.1) is 0 Å². The molecule has 0 saturated carbocycles. The standard InChI is InChI=1S/C30H44N4O3/c1-8-19(2)18-26(35)33-27(30(5,6)7)29(37)34-17-9-10-25(34)28(36)32-20(3)22-11-13-23(14-12-22)24-15-16-31-21(24)4/h11-14,16,19-20,25,27H,8-10,15,17-18H2,1-7H3,(H,32,36)(H,33,35)/t19?,20?,25?,27-/m1/s1. The third kappa shape index (κ3) is 7.08. The molecule has 0 aliphatic carbocycles. The topological polar surface area (TPSA) is 90.9 Å². The van der Waals surface area contributed by atoms with Crippen LogP contribution < -0.4 is 10.6 Å². The van der Waals surface area contributed by atoms with Crippen LogP contribution in [-0.2, 0) is 14.4 Å². The summed E-state index contributed by atoms with van der Waals surface area (Å²) in [5, 5.41) is 6.10. The van der Waals surface area contributed by atoms with Crippen molar-refractivity contribution in [2.75, 3.05) is 6.54 Å². The Morgan fingerprint density at radius 2 is 1.78 bits per heavy atom. The molecule has 2 aliphatic rings. The summed E-state index contributed by atoms with van der Waals surface area (Å²) in [6, 6.07) is 6.83. The minimum Gasteiger partial charge on any atom is -0.348 e. The lowest BCUT2D eigenvalue weighted by molar-refractivity contribution is -0.144. The number of allylic oxidation sites excluding steroid dienone is 2. The van der Waals surface area contributed by atoms with E-state index in [0.29, 0.717) is 19.4 Å². The Morgan fingerprint density at radius 3 is 2.35 bits per heavy atom. The smallest absolute Gasteiger partial charge is 0.246 e. The third-order valence-electron chi connectivity index (χ3n) is 7.62. The van der Waals surface area contributed by atoms with Crippen molar-refractivity contribution in [2.45, 2.75) is 98.7 Å². The van der Waals surface area contributed by atoms with Gasteiger partial charge in [-0.3, -0.25) is 19.4 Å². The number of carbonyl (C=O) groups is 3. The van der Waals surface area contributed by atoms with Crippen LogP contribution in [-0.4, -0.2) is 47.5 Å². The molecule has 4 atom stereocenters. The number of nitrogens with zero attached hydrogens (tertiary/aromatic N) is 2. The van der Waals surface area contributed by atoms with Crippen LogP contribution in [0.5, 0.6) is 0 Å². The molecule has 3 unspecified atom stereocenters. The molecule has 2 aliphatic heterocycles. The van der Waals surface area contributed by atoms with Gasteiger partial charge in [0.25, 0.3) is 0 Å². The summed E-state index contributed by atoms with van der Waals surface area (Å²) in [7, 11) is 0. The average Bonchev–Trinajstić information content (AvgIpc) is 3.50. The van der Waals surface area contributed by atoms with Crippen LogP contribution in [0.25, 0.3) is 5.57 Å². The number of rotatable bonds is 9. The van der Waals surface area contributed by atoms with Gasteiger partial charge in [-0.25, -0.2) is 0 Å². The number of hydrogen-bond donors (Lipinski definition) is 2. The first-order valence-corrected chi connectivity index (χ1v) is 13.6. The summed E-state index contributed by atoms with van der Waals surface area (Å²) >= 11 is 0. The first-order chi connectivity index (χ1) is 17.4. The van der Waals surface area contributed by atoms with Crippen molar-refractivity contribution in [1.29, 1.82) is 0 Å². The SMILES string of the molecule is CCC(C)CC(=O)N[C@H](C(=O)N1CCCC1C(=O)NC(C)c1ccc(C2=C(C)N=CC2)cc1)C(C)(C)C. The summed E-state index contributed by atoms with van der Waals surface area (Å²) in [6.45, 7) is 14.4. The Bertz CT molecular complexity index is 1050. The van der Waals surface area contributed by atoms with Crippen LogP contribution in [0.3, 0.4) is 0 Å². The normalized spacial score (nSPS) is 20.1. The molecule has 37 heavy (non-hydrogen) atoms. The van der Waals surface area contributed by atoms with Crippen LogP contribution in [0.15, 0.2) is 35.0 Å². The van der Waals surface area contributed by atoms with E-state index in [-0.39, 0.29) is 29.7 Å². The molecule has 1 saturated heterocycles. The zero-order valence-electron chi connectivity index (χ0n) is 23.6. The van der Waals surface area contributed by atoms with Gasteiger partial charge < -0.3 is 15.5 Å². The lowest BCUT2D eigenvalue weighted by Crippen LogP contribution is -2.57. The molecule has 7 nitrogen and oxygen atoms in total. The monoisotopic (exact) mass is 508 g/mol. The van der Waals surface area contributed by atoms with E-state index in [0.717, 1.165) is 36.1 Å². The second-order valence-corrected chi connectivity index (χ2v) is 11.7. The number of carbonyl (C=O) groups excluding carboxylic acids is 3. The quantitative estimate of drug-likeness (QED) is 0.490. The van der Waals surface area contributed by atoms with Gasteiger partial charge in [-0.2, -0.15) is 0 Å². The minimum atomic E-state index is -0.681. The molecule has 3 amide bonds. The second kappa shape index (κ2) is 12.1. The maximum Gasteiger partial charge on any atom is 0.246 e. The Hall–Kier alpha value is -2.96. The predicted octanol–water partition coefficient (Wildman–Crippen LogP) is 5.03. The molecular formula is C30H44N4O3. The van der Waals surface area contributed by atoms with E-state index in [1.807, 2.05) is 59.9 Å². The predicted molar refractivity (Wildman–Crippen MR) is 149 cm³/mol. The Kier molecular flexibility index (Phi) is 9.32. The first-order valence-electron chi connectivity index (χ1n) is 13.6. The second-order valence-electron chi connectivity index (χ2n) is 11.7. The van der Waals surface area contributed by atoms with E-state index >= 15 is 0 Å². The number of benzene rings is 1. The van der Waals surface area contributed by atoms with Crippen molar-refractivity contribution >= 4 is 29.5 Å². The molecule has 1 aromatic rings. The highest BCUT2D eigenvalue weighted by Gasteiger charge is 2.42. The van der Waals surface area contributed by atoms with E-state index in [2.05, 4.69) is 34.7 Å². The summed E-state index contributed by atoms with van der Waals surface area (Å²) in [5.74, 6) is -0.190. The first kappa shape index (κ1) is 28.6. The third-order valence-corrected chi connectivity index (χ3v) is 7.62. The molecule has 0 spiro atoms. The summed E-state index contributed by atoms with van der Waals surface area (Å²) in [6.07, 6.45) is 5.45. The number of nitrogens with one attached hydrogen (secondary N) is 2. The molecule has 2 N–H and O–H groups in total. The zero-order chi connectivity index (χ0) is 27.3. The van der Waals surface area contributed by atoms with E-state index in [9.17, 15) is 14.4 Å². The molecular weight excluding hydrogens is 464 g/mol. The maximum absolute atomic E-state index is 13.7. The van der Waals surface area contributed by atoms with E-state index in [1.54, 1.807) is 4.90 Å². The number of likely N-dealkylation sites (tertiary alicyclic amines) is 1. The highest BCUT2D eigenvalue weighted by atomic mass is 16.2. The molecule has 0 aromatic heterocycles. The summed E-state index contributed by atoms with van der Waals surface area (Å²) in [5.41, 5.74) is 3.96. The molecule has 3 rings (SSSR count). The number of hydrogen-bond acceptors (Lipinski definition) is 4. The van der Waals surface area contributed by atoms with Gasteiger partial charge in [0.2, 0.25) is 17.7 Å². The largest absolute Gasteiger partial charge is 0.348 e. The van der Waals surface area contributed by atoms with Crippen molar-refractivity contribution in [2.24, 2.45) is 16.3 Å². The lowest BCUT2D eigenvalue weighted by Gasteiger charge is -2.35. The minimum absolute atomic E-state index is 0.116. The molecule has 7 heteroatoms. The molecule has 2 heterocycles. The number of aliphatic imine (C=N–C) groups is 1. The highest BCUT2D eigenvalue weighted by Crippen LogP contribution is 2.29. The van der Waals surface area contributed by atoms with Crippen molar-refractivity contribution < 1.29 is 14.4 Å². The van der Waals surface area contributed by atoms with Gasteiger partial charge in [0.05, 0.1) is 6.04 Å². The summed E-state index contributed by atoms with van der Waals surface area (Å²) < 4.78 is 0. The summed E-state index contributed by atoms with van der Waals surface area (Å²) in [4.78, 5) is 45.7. The van der Waals surface area contributed by atoms with Crippen LogP contribution in [0.4, 0.5) is 0 Å². The molecule has 0 radical (unpaired) electrons. The van der Waals surface area contributed by atoms with Gasteiger partial charge in [-0.1, -0.05) is 65.3 Å². The van der Waals surface area contributed by atoms with Crippen molar-refractivity contribution in [1.82, 2.24) is 15.5 Å². The van der Waals surface area contributed by atoms with E-state index in [4.69, 9.17) is 0 Å². The Balaban J connectivity index is 1.67. The van der Waals surface area contributed by atoms with E-state index in [1.165, 1.54) is 5.57 Å². The van der Waals surface area contributed by atoms with Gasteiger partial charge in [0.1, 0.15) is 12.1 Å². The fourth-order valence-corrected chi connectivity index (χ4v) is 4.99. The fourth-order valence-electron chi connectivity index (χ4n) is 4.99. The van der Waals surface area contributed by atoms with Gasteiger partial charge in [-0.05, 0) is 54.7 Å². The molecule has 1 fully saturated rings. The van der Waals surface area contributed by atoms with E-state index < -0.39 is 17.5 Å². The van der Waals surface area contributed by atoms with Crippen LogP contribution in [0, 0.1) is 11.3 Å². The molecule has 1 aromatic carbocycles. The highest BCUT2D eigenvalue weighted by molar-refractivity contribution is 5.93. The number of amides is 3. The van der Waals surface area contributed by atoms with Crippen LogP contribution in [0.2, 0.25) is 0 Å². The Morgan fingerprint density at radius 1 is 1.11 bits per heavy atom. The van der Waals surface area contributed by atoms with Crippen molar-refractivity contribution in [3.8, 4) is 0 Å². The average molecular weight is 509 g/mol. The van der Waals surface area contributed by atoms with Crippen molar-refractivity contribution in [3.05, 3.63) is 41.1 Å². The fraction of sp³-hybridized carbons (Fsp3) is 0.600. The van der Waals surface area contributed by atoms with Crippen molar-refractivity contribution in [3.63, 3.8) is 0 Å². The van der Waals surface area contributed by atoms with Gasteiger partial charge in [0, 0.05) is 31.3 Å². The zero-order valence-corrected chi connectivity index (χ0v) is 23.6. The molecule has 202 valence electrons. The Labute approximate surface area is 222 Å². The van der Waals surface area contributed by atoms with Crippen LogP contribution in [0.1, 0.15) is 97.7 Å².